The number of hydrogen-bond acceptors (Lipinski definition) is 4. The van der Waals surface area contributed by atoms with Crippen molar-refractivity contribution < 1.29 is 23.4 Å². The molecule has 6 nitrogen and oxygen atoms in total. The second-order valence-electron chi connectivity index (χ2n) is 5.27. The Morgan fingerprint density at radius 2 is 2.23 bits per heavy atom. The lowest BCUT2D eigenvalue weighted by Crippen LogP contribution is -2.41. The molecule has 22 heavy (non-hydrogen) atoms. The van der Waals surface area contributed by atoms with Crippen molar-refractivity contribution in [3.05, 3.63) is 18.2 Å². The number of carbonyl (C=O) groups excluding carboxylic acids is 1. The zero-order valence-corrected chi connectivity index (χ0v) is 12.0. The van der Waals surface area contributed by atoms with E-state index in [1.54, 1.807) is 6.07 Å². The molecule has 1 aliphatic carbocycles. The summed E-state index contributed by atoms with van der Waals surface area (Å²) in [7, 11) is 0. The molecule has 8 heteroatoms. The monoisotopic (exact) mass is 315 g/mol. The SMILES string of the molecule is O=C(NCCC1(O)CCC1)Nc1cccc(OCC(F)F)n1. The van der Waals surface area contributed by atoms with Gasteiger partial charge in [0.25, 0.3) is 6.43 Å². The molecule has 0 radical (unpaired) electrons. The van der Waals surface area contributed by atoms with Gasteiger partial charge in [0, 0.05) is 12.6 Å². The van der Waals surface area contributed by atoms with Crippen LogP contribution in [0.4, 0.5) is 19.4 Å². The summed E-state index contributed by atoms with van der Waals surface area (Å²) in [5.41, 5.74) is -0.644. The molecule has 3 N–H and O–H groups in total. The van der Waals surface area contributed by atoms with Gasteiger partial charge < -0.3 is 15.2 Å². The molecule has 1 heterocycles. The van der Waals surface area contributed by atoms with E-state index in [-0.39, 0.29) is 11.7 Å². The predicted octanol–water partition coefficient (Wildman–Crippen LogP) is 2.15. The van der Waals surface area contributed by atoms with Crippen LogP contribution in [0.15, 0.2) is 18.2 Å². The van der Waals surface area contributed by atoms with Crippen LogP contribution in [0.3, 0.4) is 0 Å². The first-order valence-electron chi connectivity index (χ1n) is 7.12. The summed E-state index contributed by atoms with van der Waals surface area (Å²) in [6.07, 6.45) is 0.464. The fourth-order valence-corrected chi connectivity index (χ4v) is 2.12. The normalized spacial score (nSPS) is 16.0. The lowest BCUT2D eigenvalue weighted by Gasteiger charge is -2.36. The van der Waals surface area contributed by atoms with Gasteiger partial charge in [-0.15, -0.1) is 0 Å². The van der Waals surface area contributed by atoms with Crippen molar-refractivity contribution in [3.63, 3.8) is 0 Å². The van der Waals surface area contributed by atoms with Gasteiger partial charge in [-0.2, -0.15) is 4.98 Å². The van der Waals surface area contributed by atoms with E-state index in [2.05, 4.69) is 15.6 Å². The summed E-state index contributed by atoms with van der Waals surface area (Å²) in [5, 5.41) is 15.0. The topological polar surface area (TPSA) is 83.5 Å². The molecule has 0 unspecified atom stereocenters. The highest BCUT2D eigenvalue weighted by atomic mass is 19.3. The average Bonchev–Trinajstić information content (AvgIpc) is 2.43. The van der Waals surface area contributed by atoms with Crippen LogP contribution in [-0.2, 0) is 0 Å². The molecule has 0 saturated heterocycles. The Morgan fingerprint density at radius 1 is 1.45 bits per heavy atom. The summed E-state index contributed by atoms with van der Waals surface area (Å²) in [6, 6.07) is 4.02. The number of urea groups is 1. The molecule has 0 atom stereocenters. The molecule has 1 aliphatic rings. The number of nitrogens with one attached hydrogen (secondary N) is 2. The number of nitrogens with zero attached hydrogens (tertiary/aromatic N) is 1. The van der Waals surface area contributed by atoms with Crippen molar-refractivity contribution in [2.24, 2.45) is 0 Å². The predicted molar refractivity (Wildman–Crippen MR) is 76.2 cm³/mol. The molecule has 1 fully saturated rings. The maximum Gasteiger partial charge on any atom is 0.320 e. The Bertz CT molecular complexity index is 510. The Morgan fingerprint density at radius 3 is 2.86 bits per heavy atom. The minimum Gasteiger partial charge on any atom is -0.472 e. The molecule has 2 rings (SSSR count). The third-order valence-corrected chi connectivity index (χ3v) is 3.48. The molecule has 2 amide bonds. The van der Waals surface area contributed by atoms with E-state index in [9.17, 15) is 18.7 Å². The van der Waals surface area contributed by atoms with Crippen LogP contribution in [0.5, 0.6) is 5.88 Å². The lowest BCUT2D eigenvalue weighted by molar-refractivity contribution is -0.0388. The number of hydrogen-bond donors (Lipinski definition) is 3. The third kappa shape index (κ3) is 5.10. The van der Waals surface area contributed by atoms with Crippen LogP contribution in [0.25, 0.3) is 0 Å². The Labute approximate surface area is 126 Å². The first kappa shape index (κ1) is 16.4. The van der Waals surface area contributed by atoms with Crippen molar-refractivity contribution in [1.82, 2.24) is 10.3 Å². The molecular formula is C14H19F2N3O3. The van der Waals surface area contributed by atoms with E-state index in [1.165, 1.54) is 12.1 Å². The number of anilines is 1. The lowest BCUT2D eigenvalue weighted by atomic mass is 9.78. The second kappa shape index (κ2) is 7.35. The number of aliphatic hydroxyl groups is 1. The number of ether oxygens (including phenoxy) is 1. The number of carbonyl (C=O) groups is 1. The fraction of sp³-hybridized carbons (Fsp3) is 0.571. The zero-order chi connectivity index (χ0) is 16.0. The minimum atomic E-state index is -2.58. The number of pyridine rings is 1. The van der Waals surface area contributed by atoms with Gasteiger partial charge in [-0.05, 0) is 31.7 Å². The van der Waals surface area contributed by atoms with Gasteiger partial charge >= 0.3 is 6.03 Å². The maximum atomic E-state index is 12.0. The Kier molecular flexibility index (Phi) is 5.48. The summed E-state index contributed by atoms with van der Waals surface area (Å²) in [4.78, 5) is 15.6. The van der Waals surface area contributed by atoms with Crippen LogP contribution in [-0.4, -0.2) is 41.3 Å². The summed E-state index contributed by atoms with van der Waals surface area (Å²) >= 11 is 0. The molecule has 0 aliphatic heterocycles. The second-order valence-corrected chi connectivity index (χ2v) is 5.27. The summed E-state index contributed by atoms with van der Waals surface area (Å²) in [5.74, 6) is 0.216. The van der Waals surface area contributed by atoms with Crippen molar-refractivity contribution in [3.8, 4) is 5.88 Å². The number of rotatable bonds is 7. The molecular weight excluding hydrogens is 296 g/mol. The van der Waals surface area contributed by atoms with Gasteiger partial charge in [-0.25, -0.2) is 13.6 Å². The van der Waals surface area contributed by atoms with E-state index in [0.29, 0.717) is 13.0 Å². The Hall–Kier alpha value is -1.96. The van der Waals surface area contributed by atoms with Crippen LogP contribution in [0.2, 0.25) is 0 Å². The minimum absolute atomic E-state index is 0.0156. The first-order valence-corrected chi connectivity index (χ1v) is 7.12. The Balaban J connectivity index is 1.74. The standard InChI is InChI=1S/C14H19F2N3O3/c15-10(16)9-22-12-4-1-3-11(18-12)19-13(20)17-8-7-14(21)5-2-6-14/h1,3-4,10,21H,2,5-9H2,(H2,17,18,19,20). The molecule has 0 aromatic carbocycles. The zero-order valence-electron chi connectivity index (χ0n) is 12.0. The molecule has 122 valence electrons. The van der Waals surface area contributed by atoms with Gasteiger partial charge in [0.2, 0.25) is 5.88 Å². The van der Waals surface area contributed by atoms with Crippen molar-refractivity contribution in [1.29, 1.82) is 0 Å². The summed E-state index contributed by atoms with van der Waals surface area (Å²) < 4.78 is 28.9. The number of amides is 2. The van der Waals surface area contributed by atoms with Crippen LogP contribution < -0.4 is 15.4 Å². The smallest absolute Gasteiger partial charge is 0.320 e. The largest absolute Gasteiger partial charge is 0.472 e. The molecule has 0 bridgehead atoms. The van der Waals surface area contributed by atoms with Crippen LogP contribution >= 0.6 is 0 Å². The maximum absolute atomic E-state index is 12.0. The highest BCUT2D eigenvalue weighted by Crippen LogP contribution is 2.33. The van der Waals surface area contributed by atoms with Crippen molar-refractivity contribution in [2.45, 2.75) is 37.7 Å². The van der Waals surface area contributed by atoms with Gasteiger partial charge in [0.05, 0.1) is 5.60 Å². The molecule has 1 aromatic rings. The van der Waals surface area contributed by atoms with Crippen molar-refractivity contribution in [2.75, 3.05) is 18.5 Å². The van der Waals surface area contributed by atoms with Crippen LogP contribution in [0, 0.1) is 0 Å². The number of aromatic nitrogens is 1. The van der Waals surface area contributed by atoms with E-state index in [4.69, 9.17) is 4.74 Å². The molecule has 1 saturated carbocycles. The van der Waals surface area contributed by atoms with Gasteiger partial charge in [0.1, 0.15) is 5.82 Å². The van der Waals surface area contributed by atoms with Gasteiger partial charge in [0.15, 0.2) is 6.61 Å². The number of alkyl halides is 2. The van der Waals surface area contributed by atoms with Crippen molar-refractivity contribution >= 4 is 11.8 Å². The quantitative estimate of drug-likeness (QED) is 0.720. The fourth-order valence-electron chi connectivity index (χ4n) is 2.12. The molecule has 1 aromatic heterocycles. The van der Waals surface area contributed by atoms with E-state index < -0.39 is 24.7 Å². The van der Waals surface area contributed by atoms with Gasteiger partial charge in [-0.1, -0.05) is 6.07 Å². The number of halogens is 2. The highest BCUT2D eigenvalue weighted by molar-refractivity contribution is 5.88. The summed E-state index contributed by atoms with van der Waals surface area (Å²) in [6.45, 7) is -0.398. The van der Waals surface area contributed by atoms with Crippen LogP contribution in [0.1, 0.15) is 25.7 Å². The van der Waals surface area contributed by atoms with Gasteiger partial charge in [-0.3, -0.25) is 5.32 Å². The average molecular weight is 315 g/mol. The van der Waals surface area contributed by atoms with E-state index >= 15 is 0 Å². The van der Waals surface area contributed by atoms with E-state index in [1.807, 2.05) is 0 Å². The first-order chi connectivity index (χ1) is 10.5. The molecule has 0 spiro atoms. The van der Waals surface area contributed by atoms with E-state index in [0.717, 1.165) is 19.3 Å². The third-order valence-electron chi connectivity index (χ3n) is 3.48. The highest BCUT2D eigenvalue weighted by Gasteiger charge is 2.33.